The van der Waals surface area contributed by atoms with Crippen LogP contribution in [0.3, 0.4) is 0 Å². The molecule has 0 atom stereocenters. The maximum Gasteiger partial charge on any atom is 0.206 e. The molecule has 0 rings (SSSR count). The van der Waals surface area contributed by atoms with Gasteiger partial charge in [-0.25, -0.2) is 0 Å². The molecule has 0 aromatic rings. The molecule has 0 unspecified atom stereocenters. The quantitative estimate of drug-likeness (QED) is 0.456. The average Bonchev–Trinajstić information content (AvgIpc) is 2.06. The minimum atomic E-state index is -0.935. The number of unbranched alkanes of at least 4 members (excludes halogenated alkanes) is 4. The lowest BCUT2D eigenvalue weighted by molar-refractivity contribution is 0.550. The highest BCUT2D eigenvalue weighted by Crippen LogP contribution is 2.09. The van der Waals surface area contributed by atoms with Crippen LogP contribution < -0.4 is 0 Å². The van der Waals surface area contributed by atoms with Crippen molar-refractivity contribution in [3.8, 4) is 0 Å². The highest BCUT2D eigenvalue weighted by atomic mass is 28.3. The Balaban J connectivity index is 3.04. The first-order valence-electron chi connectivity index (χ1n) is 5.34. The van der Waals surface area contributed by atoms with Crippen molar-refractivity contribution in [3.63, 3.8) is 0 Å². The molecule has 0 amide bonds. The topological polar surface area (TPSA) is 20.2 Å². The lowest BCUT2D eigenvalue weighted by Crippen LogP contribution is -2.10. The molecule has 0 saturated carbocycles. The summed E-state index contributed by atoms with van der Waals surface area (Å²) < 4.78 is 0. The minimum absolute atomic E-state index is 0.935. The molecule has 2 heteroatoms. The predicted molar refractivity (Wildman–Crippen MR) is 56.6 cm³/mol. The van der Waals surface area contributed by atoms with Crippen molar-refractivity contribution in [3.05, 3.63) is 0 Å². The van der Waals surface area contributed by atoms with Gasteiger partial charge in [-0.15, -0.1) is 0 Å². The van der Waals surface area contributed by atoms with Gasteiger partial charge in [0, 0.05) is 0 Å². The molecule has 0 aliphatic rings. The van der Waals surface area contributed by atoms with Crippen LogP contribution in [0, 0.1) is 0 Å². The third kappa shape index (κ3) is 8.28. The van der Waals surface area contributed by atoms with Crippen LogP contribution in [-0.4, -0.2) is 13.8 Å². The Labute approximate surface area is 78.9 Å². The van der Waals surface area contributed by atoms with Gasteiger partial charge in [-0.1, -0.05) is 52.4 Å². The zero-order valence-electron chi connectivity index (χ0n) is 8.60. The second kappa shape index (κ2) is 9.27. The molecule has 0 bridgehead atoms. The summed E-state index contributed by atoms with van der Waals surface area (Å²) in [6.07, 6.45) is 7.61. The van der Waals surface area contributed by atoms with Crippen molar-refractivity contribution in [2.24, 2.45) is 0 Å². The summed E-state index contributed by atoms with van der Waals surface area (Å²) in [5.74, 6) is 0. The maximum atomic E-state index is 9.60. The van der Waals surface area contributed by atoms with Crippen molar-refractivity contribution in [2.75, 3.05) is 0 Å². The van der Waals surface area contributed by atoms with Gasteiger partial charge in [0.1, 0.15) is 0 Å². The van der Waals surface area contributed by atoms with Gasteiger partial charge in [-0.2, -0.15) is 0 Å². The van der Waals surface area contributed by atoms with Gasteiger partial charge >= 0.3 is 0 Å². The fourth-order valence-corrected chi connectivity index (χ4v) is 2.85. The van der Waals surface area contributed by atoms with E-state index in [2.05, 4.69) is 13.8 Å². The number of hydrogen-bond acceptors (Lipinski definition) is 1. The molecule has 0 aromatic carbocycles. The Morgan fingerprint density at radius 1 is 0.833 bits per heavy atom. The van der Waals surface area contributed by atoms with Crippen molar-refractivity contribution in [1.29, 1.82) is 0 Å². The van der Waals surface area contributed by atoms with Crippen LogP contribution >= 0.6 is 0 Å². The normalized spacial score (nSPS) is 11.0. The number of hydrogen-bond donors (Lipinski definition) is 1. The molecule has 0 fully saturated rings. The van der Waals surface area contributed by atoms with Crippen LogP contribution in [-0.2, 0) is 0 Å². The molecule has 0 saturated heterocycles. The monoisotopic (exact) mass is 187 g/mol. The maximum absolute atomic E-state index is 9.60. The van der Waals surface area contributed by atoms with E-state index < -0.39 is 9.04 Å². The van der Waals surface area contributed by atoms with Gasteiger partial charge in [-0.05, 0) is 12.1 Å². The van der Waals surface area contributed by atoms with E-state index in [1.54, 1.807) is 0 Å². The molecular weight excluding hydrogens is 164 g/mol. The van der Waals surface area contributed by atoms with E-state index in [-0.39, 0.29) is 0 Å². The molecule has 73 valence electrons. The SMILES string of the molecule is CCCCC[Si](O)CCCCC. The van der Waals surface area contributed by atoms with Crippen LogP contribution in [0.15, 0.2) is 0 Å². The Kier molecular flexibility index (Phi) is 9.40. The van der Waals surface area contributed by atoms with Crippen LogP contribution in [0.2, 0.25) is 12.1 Å². The van der Waals surface area contributed by atoms with Gasteiger partial charge < -0.3 is 4.80 Å². The molecule has 0 aromatic heterocycles. The van der Waals surface area contributed by atoms with E-state index in [1.807, 2.05) is 0 Å². The minimum Gasteiger partial charge on any atom is -0.431 e. The summed E-state index contributed by atoms with van der Waals surface area (Å²) in [5.41, 5.74) is 0. The Hall–Kier alpha value is 0.177. The van der Waals surface area contributed by atoms with Gasteiger partial charge in [0.2, 0.25) is 9.04 Å². The third-order valence-electron chi connectivity index (χ3n) is 2.14. The second-order valence-corrected chi connectivity index (χ2v) is 5.61. The van der Waals surface area contributed by atoms with Crippen molar-refractivity contribution in [2.45, 2.75) is 64.5 Å². The first kappa shape index (κ1) is 12.2. The van der Waals surface area contributed by atoms with Crippen LogP contribution in [0.1, 0.15) is 52.4 Å². The summed E-state index contributed by atoms with van der Waals surface area (Å²) in [7, 11) is -0.935. The highest BCUT2D eigenvalue weighted by molar-refractivity contribution is 6.50. The Morgan fingerprint density at radius 2 is 1.25 bits per heavy atom. The van der Waals surface area contributed by atoms with Gasteiger partial charge in [0.15, 0.2) is 0 Å². The molecule has 0 aliphatic carbocycles. The largest absolute Gasteiger partial charge is 0.431 e. The van der Waals surface area contributed by atoms with Gasteiger partial charge in [0.25, 0.3) is 0 Å². The molecule has 1 radical (unpaired) electrons. The lowest BCUT2D eigenvalue weighted by atomic mass is 10.3. The Bertz CT molecular complexity index is 75.9. The zero-order chi connectivity index (χ0) is 9.23. The summed E-state index contributed by atoms with van der Waals surface area (Å²) in [4.78, 5) is 9.60. The first-order chi connectivity index (χ1) is 5.81. The van der Waals surface area contributed by atoms with E-state index in [9.17, 15) is 4.80 Å². The molecule has 0 aliphatic heterocycles. The van der Waals surface area contributed by atoms with Crippen LogP contribution in [0.5, 0.6) is 0 Å². The van der Waals surface area contributed by atoms with Gasteiger partial charge in [-0.3, -0.25) is 0 Å². The Morgan fingerprint density at radius 3 is 1.58 bits per heavy atom. The predicted octanol–water partition coefficient (Wildman–Crippen LogP) is 3.35. The van der Waals surface area contributed by atoms with Crippen molar-refractivity contribution >= 4 is 9.04 Å². The van der Waals surface area contributed by atoms with Crippen molar-refractivity contribution < 1.29 is 4.80 Å². The third-order valence-corrected chi connectivity index (χ3v) is 4.00. The fraction of sp³-hybridized carbons (Fsp3) is 1.00. The zero-order valence-corrected chi connectivity index (χ0v) is 9.60. The molecule has 0 spiro atoms. The van der Waals surface area contributed by atoms with E-state index in [0.29, 0.717) is 0 Å². The van der Waals surface area contributed by atoms with E-state index in [0.717, 1.165) is 12.1 Å². The first-order valence-corrected chi connectivity index (χ1v) is 7.21. The molecule has 0 heterocycles. The summed E-state index contributed by atoms with van der Waals surface area (Å²) in [5, 5.41) is 0. The standard InChI is InChI=1S/C10H23OSi/c1-3-5-7-9-12(11)10-8-6-4-2/h11H,3-10H2,1-2H3. The summed E-state index contributed by atoms with van der Waals surface area (Å²) >= 11 is 0. The van der Waals surface area contributed by atoms with E-state index in [4.69, 9.17) is 0 Å². The summed E-state index contributed by atoms with van der Waals surface area (Å²) in [6.45, 7) is 4.42. The molecular formula is C10H23OSi. The number of rotatable bonds is 8. The molecule has 12 heavy (non-hydrogen) atoms. The highest BCUT2D eigenvalue weighted by Gasteiger charge is 2.06. The van der Waals surface area contributed by atoms with Gasteiger partial charge in [0.05, 0.1) is 0 Å². The van der Waals surface area contributed by atoms with E-state index in [1.165, 1.54) is 38.5 Å². The summed E-state index contributed by atoms with van der Waals surface area (Å²) in [6, 6.07) is 2.23. The lowest BCUT2D eigenvalue weighted by Gasteiger charge is -2.05. The average molecular weight is 187 g/mol. The second-order valence-electron chi connectivity index (χ2n) is 3.48. The fourth-order valence-electron chi connectivity index (χ4n) is 1.28. The van der Waals surface area contributed by atoms with Crippen molar-refractivity contribution in [1.82, 2.24) is 0 Å². The van der Waals surface area contributed by atoms with E-state index >= 15 is 0 Å². The van der Waals surface area contributed by atoms with Crippen LogP contribution in [0.4, 0.5) is 0 Å². The molecule has 1 nitrogen and oxygen atoms in total. The smallest absolute Gasteiger partial charge is 0.206 e. The van der Waals surface area contributed by atoms with Crippen LogP contribution in [0.25, 0.3) is 0 Å². The molecule has 1 N–H and O–H groups in total.